The Labute approximate surface area is 196 Å². The van der Waals surface area contributed by atoms with Crippen LogP contribution in [0.2, 0.25) is 0 Å². The SMILES string of the molecule is CC.CC(C)N1CCC(C(C)(C)CC(C)(C)N2CCN(CCOC(C)(C)C)CC2)CC1. The molecule has 2 aliphatic rings. The van der Waals surface area contributed by atoms with E-state index in [4.69, 9.17) is 4.74 Å². The fourth-order valence-corrected chi connectivity index (χ4v) is 5.63. The van der Waals surface area contributed by atoms with Gasteiger partial charge in [-0.2, -0.15) is 0 Å². The van der Waals surface area contributed by atoms with Gasteiger partial charge in [0.2, 0.25) is 0 Å². The van der Waals surface area contributed by atoms with Crippen LogP contribution >= 0.6 is 0 Å². The third-order valence-corrected chi connectivity index (χ3v) is 7.42. The van der Waals surface area contributed by atoms with Crippen LogP contribution in [0, 0.1) is 11.3 Å². The Hall–Kier alpha value is -0.160. The van der Waals surface area contributed by atoms with Crippen LogP contribution in [0.25, 0.3) is 0 Å². The molecule has 2 heterocycles. The lowest BCUT2D eigenvalue weighted by atomic mass is 9.67. The zero-order valence-electron chi connectivity index (χ0n) is 23.2. The molecule has 2 rings (SSSR count). The fourth-order valence-electron chi connectivity index (χ4n) is 5.63. The van der Waals surface area contributed by atoms with E-state index in [1.165, 1.54) is 58.5 Å². The summed E-state index contributed by atoms with van der Waals surface area (Å²) < 4.78 is 5.92. The van der Waals surface area contributed by atoms with Crippen LogP contribution in [-0.4, -0.2) is 84.3 Å². The average Bonchev–Trinajstić information content (AvgIpc) is 2.68. The second-order valence-corrected chi connectivity index (χ2v) is 12.2. The first-order chi connectivity index (χ1) is 14.3. The van der Waals surface area contributed by atoms with Gasteiger partial charge in [0.1, 0.15) is 0 Å². The average molecular weight is 440 g/mol. The van der Waals surface area contributed by atoms with Crippen molar-refractivity contribution in [3.8, 4) is 0 Å². The number of ether oxygens (including phenoxy) is 1. The van der Waals surface area contributed by atoms with E-state index in [1.807, 2.05) is 13.8 Å². The van der Waals surface area contributed by atoms with E-state index in [0.717, 1.165) is 19.1 Å². The van der Waals surface area contributed by atoms with E-state index in [2.05, 4.69) is 77.0 Å². The summed E-state index contributed by atoms with van der Waals surface area (Å²) in [7, 11) is 0. The third-order valence-electron chi connectivity index (χ3n) is 7.42. The molecule has 0 saturated carbocycles. The fraction of sp³-hybridized carbons (Fsp3) is 1.00. The molecular weight excluding hydrogens is 382 g/mol. The molecule has 186 valence electrons. The normalized spacial score (nSPS) is 21.3. The molecule has 0 unspecified atom stereocenters. The number of nitrogens with zero attached hydrogens (tertiary/aromatic N) is 3. The van der Waals surface area contributed by atoms with Gasteiger partial charge in [0.05, 0.1) is 12.2 Å². The molecule has 4 heteroatoms. The van der Waals surface area contributed by atoms with E-state index in [1.54, 1.807) is 0 Å². The summed E-state index contributed by atoms with van der Waals surface area (Å²) in [6, 6.07) is 0.695. The molecule has 0 atom stereocenters. The molecule has 0 radical (unpaired) electrons. The van der Waals surface area contributed by atoms with Gasteiger partial charge in [0.25, 0.3) is 0 Å². The lowest BCUT2D eigenvalue weighted by Gasteiger charge is -2.50. The lowest BCUT2D eigenvalue weighted by Crippen LogP contribution is -2.56. The molecule has 4 nitrogen and oxygen atoms in total. The quantitative estimate of drug-likeness (QED) is 0.478. The van der Waals surface area contributed by atoms with Crippen LogP contribution in [-0.2, 0) is 4.74 Å². The Kier molecular flexibility index (Phi) is 11.5. The maximum absolute atomic E-state index is 5.92. The van der Waals surface area contributed by atoms with E-state index in [0.29, 0.717) is 11.5 Å². The van der Waals surface area contributed by atoms with Gasteiger partial charge in [-0.05, 0) is 92.2 Å². The maximum Gasteiger partial charge on any atom is 0.0600 e. The third kappa shape index (κ3) is 9.70. The number of rotatable bonds is 8. The number of piperazine rings is 1. The van der Waals surface area contributed by atoms with E-state index >= 15 is 0 Å². The highest BCUT2D eigenvalue weighted by atomic mass is 16.5. The summed E-state index contributed by atoms with van der Waals surface area (Å²) >= 11 is 0. The predicted octanol–water partition coefficient (Wildman–Crippen LogP) is 5.76. The number of hydrogen-bond acceptors (Lipinski definition) is 4. The summed E-state index contributed by atoms with van der Waals surface area (Å²) in [6.45, 7) is 34.3. The van der Waals surface area contributed by atoms with Crippen LogP contribution in [0.15, 0.2) is 0 Å². The minimum Gasteiger partial charge on any atom is -0.375 e. The summed E-state index contributed by atoms with van der Waals surface area (Å²) in [6.07, 6.45) is 4.02. The monoisotopic (exact) mass is 439 g/mol. The van der Waals surface area contributed by atoms with Crippen LogP contribution < -0.4 is 0 Å². The largest absolute Gasteiger partial charge is 0.375 e. The highest BCUT2D eigenvalue weighted by molar-refractivity contribution is 4.94. The van der Waals surface area contributed by atoms with Gasteiger partial charge in [-0.15, -0.1) is 0 Å². The van der Waals surface area contributed by atoms with Gasteiger partial charge < -0.3 is 9.64 Å². The Morgan fingerprint density at radius 1 is 0.806 bits per heavy atom. The minimum absolute atomic E-state index is 0.0271. The first kappa shape index (κ1) is 28.9. The van der Waals surface area contributed by atoms with Crippen LogP contribution in [0.5, 0.6) is 0 Å². The molecule has 0 aromatic heterocycles. The molecule has 0 aromatic carbocycles. The van der Waals surface area contributed by atoms with Crippen molar-refractivity contribution in [2.24, 2.45) is 11.3 Å². The van der Waals surface area contributed by atoms with Gasteiger partial charge in [-0.3, -0.25) is 9.80 Å². The maximum atomic E-state index is 5.92. The molecule has 0 aromatic rings. The first-order valence-electron chi connectivity index (χ1n) is 13.2. The molecule has 0 bridgehead atoms. The first-order valence-corrected chi connectivity index (χ1v) is 13.2. The second kappa shape index (κ2) is 12.3. The van der Waals surface area contributed by atoms with Crippen molar-refractivity contribution < 1.29 is 4.74 Å². The minimum atomic E-state index is -0.0271. The highest BCUT2D eigenvalue weighted by Crippen LogP contribution is 2.42. The van der Waals surface area contributed by atoms with E-state index in [9.17, 15) is 0 Å². The summed E-state index contributed by atoms with van der Waals surface area (Å²) in [5.41, 5.74) is 0.650. The van der Waals surface area contributed by atoms with Crippen LogP contribution in [0.3, 0.4) is 0 Å². The van der Waals surface area contributed by atoms with Crippen molar-refractivity contribution in [2.75, 3.05) is 52.4 Å². The molecule has 2 aliphatic heterocycles. The molecule has 2 saturated heterocycles. The van der Waals surface area contributed by atoms with Crippen molar-refractivity contribution in [2.45, 2.75) is 113 Å². The Morgan fingerprint density at radius 2 is 1.32 bits per heavy atom. The second-order valence-electron chi connectivity index (χ2n) is 12.2. The Bertz CT molecular complexity index is 479. The van der Waals surface area contributed by atoms with Gasteiger partial charge in [0.15, 0.2) is 0 Å². The van der Waals surface area contributed by atoms with Crippen LogP contribution in [0.1, 0.15) is 95.4 Å². The van der Waals surface area contributed by atoms with Gasteiger partial charge in [-0.25, -0.2) is 0 Å². The van der Waals surface area contributed by atoms with E-state index < -0.39 is 0 Å². The van der Waals surface area contributed by atoms with Crippen LogP contribution in [0.4, 0.5) is 0 Å². The molecule has 31 heavy (non-hydrogen) atoms. The lowest BCUT2D eigenvalue weighted by molar-refractivity contribution is -0.0302. The smallest absolute Gasteiger partial charge is 0.0600 e. The van der Waals surface area contributed by atoms with Crippen molar-refractivity contribution >= 4 is 0 Å². The number of hydrogen-bond donors (Lipinski definition) is 0. The topological polar surface area (TPSA) is 19.0 Å². The van der Waals surface area contributed by atoms with Crippen molar-refractivity contribution in [1.29, 1.82) is 0 Å². The Morgan fingerprint density at radius 3 is 1.77 bits per heavy atom. The van der Waals surface area contributed by atoms with E-state index in [-0.39, 0.29) is 11.1 Å². The summed E-state index contributed by atoms with van der Waals surface area (Å²) in [5.74, 6) is 0.854. The van der Waals surface area contributed by atoms with Gasteiger partial charge in [0, 0.05) is 44.3 Å². The molecular formula is C27H57N3O. The molecule has 0 N–H and O–H groups in total. The zero-order valence-corrected chi connectivity index (χ0v) is 23.2. The van der Waals surface area contributed by atoms with Crippen molar-refractivity contribution in [1.82, 2.24) is 14.7 Å². The molecule has 2 fully saturated rings. The van der Waals surface area contributed by atoms with Crippen molar-refractivity contribution in [3.63, 3.8) is 0 Å². The predicted molar refractivity (Wildman–Crippen MR) is 137 cm³/mol. The van der Waals surface area contributed by atoms with Gasteiger partial charge >= 0.3 is 0 Å². The highest BCUT2D eigenvalue weighted by Gasteiger charge is 2.40. The number of piperidine rings is 1. The molecule has 0 spiro atoms. The molecule has 0 aliphatic carbocycles. The standard InChI is InChI=1S/C25H51N3O.C2H6/c1-21(2)27-12-10-22(11-13-27)24(6,7)20-25(8,9)28-16-14-26(15-17-28)18-19-29-23(3,4)5;1-2/h21-22H,10-20H2,1-9H3;1-2H3. The zero-order chi connectivity index (χ0) is 23.9. The van der Waals surface area contributed by atoms with Crippen molar-refractivity contribution in [3.05, 3.63) is 0 Å². The van der Waals surface area contributed by atoms with Gasteiger partial charge in [-0.1, -0.05) is 27.7 Å². The molecule has 0 amide bonds. The Balaban J connectivity index is 0.00000233. The summed E-state index contributed by atoms with van der Waals surface area (Å²) in [5, 5.41) is 0. The summed E-state index contributed by atoms with van der Waals surface area (Å²) in [4.78, 5) is 7.98. The number of likely N-dealkylation sites (tertiary alicyclic amines) is 1.